The fraction of sp³-hybridized carbons (Fsp3) is 0.417. The molecule has 9 nitrogen and oxygen atoms in total. The lowest BCUT2D eigenvalue weighted by Crippen LogP contribution is -2.32. The number of benzene rings is 2. The summed E-state index contributed by atoms with van der Waals surface area (Å²) in [6, 6.07) is 8.79. The largest absolute Gasteiger partial charge is 0.495 e. The van der Waals surface area contributed by atoms with E-state index >= 15 is 0 Å². The Morgan fingerprint density at radius 1 is 1.03 bits per heavy atom. The summed E-state index contributed by atoms with van der Waals surface area (Å²) in [5.74, 6) is -3.10. The number of carbonyl (C=O) groups is 2. The van der Waals surface area contributed by atoms with Crippen molar-refractivity contribution in [1.29, 1.82) is 0 Å². The van der Waals surface area contributed by atoms with E-state index in [-0.39, 0.29) is 26.9 Å². The minimum Gasteiger partial charge on any atom is -0.495 e. The molecule has 0 saturated carbocycles. The van der Waals surface area contributed by atoms with Gasteiger partial charge in [-0.15, -0.1) is 0 Å². The minimum atomic E-state index is -5.08. The Balaban J connectivity index is 0.000000905. The van der Waals surface area contributed by atoms with Crippen LogP contribution in [0.4, 0.5) is 24.5 Å². The third-order valence-electron chi connectivity index (χ3n) is 4.65. The van der Waals surface area contributed by atoms with Crippen LogP contribution in [-0.4, -0.2) is 56.9 Å². The second kappa shape index (κ2) is 13.6. The maximum absolute atomic E-state index is 12.9. The molecule has 0 fully saturated rings. The smallest absolute Gasteiger partial charge is 0.490 e. The lowest BCUT2D eigenvalue weighted by molar-refractivity contribution is -0.192. The number of nitrogens with one attached hydrogen (secondary N) is 1. The molecular weight excluding hydrogens is 553 g/mol. The van der Waals surface area contributed by atoms with Crippen molar-refractivity contribution in [2.45, 2.75) is 38.8 Å². The summed E-state index contributed by atoms with van der Waals surface area (Å²) in [5.41, 5.74) is 0.718. The second-order valence-corrected chi connectivity index (χ2v) is 11.0. The quantitative estimate of drug-likeness (QED) is 0.330. The van der Waals surface area contributed by atoms with Crippen LogP contribution in [0.25, 0.3) is 0 Å². The average molecular weight is 583 g/mol. The molecule has 0 aliphatic carbocycles. The summed E-state index contributed by atoms with van der Waals surface area (Å²) in [6.45, 7) is 9.62. The van der Waals surface area contributed by atoms with Gasteiger partial charge in [0.25, 0.3) is 10.0 Å². The summed E-state index contributed by atoms with van der Waals surface area (Å²) in [5, 5.41) is 17.2. The molecule has 0 aromatic heterocycles. The zero-order valence-corrected chi connectivity index (χ0v) is 22.9. The van der Waals surface area contributed by atoms with Crippen LogP contribution < -0.4 is 14.4 Å². The van der Waals surface area contributed by atoms with Crippen molar-refractivity contribution in [1.82, 2.24) is 0 Å². The van der Waals surface area contributed by atoms with Crippen molar-refractivity contribution in [2.24, 2.45) is 11.8 Å². The summed E-state index contributed by atoms with van der Waals surface area (Å²) in [7, 11) is -2.70. The van der Waals surface area contributed by atoms with Crippen molar-refractivity contribution >= 4 is 44.9 Å². The third kappa shape index (κ3) is 9.93. The summed E-state index contributed by atoms with van der Waals surface area (Å²) in [4.78, 5) is 22.8. The van der Waals surface area contributed by atoms with E-state index in [2.05, 4.69) is 32.4 Å². The Hall–Kier alpha value is -3.19. The molecule has 0 bridgehead atoms. The standard InChI is InChI=1S/C22H29ClN2O5S.C2HF3O2/c1-14(2)12-25(13-15(3)4)19-8-7-17(11-18(19)22(26)27)24-31(28,29)21-10-16(23)6-9-20(21)30-5;3-2(4,5)1(6)7/h6-11,14-15,24H,12-13H2,1-5H3,(H,26,27);(H,6,7). The van der Waals surface area contributed by atoms with Crippen molar-refractivity contribution in [2.75, 3.05) is 29.8 Å². The topological polar surface area (TPSA) is 133 Å². The average Bonchev–Trinajstić information content (AvgIpc) is 2.77. The minimum absolute atomic E-state index is 0.0274. The van der Waals surface area contributed by atoms with Crippen LogP contribution in [0.15, 0.2) is 41.3 Å². The SMILES string of the molecule is COc1ccc(Cl)cc1S(=O)(=O)Nc1ccc(N(CC(C)C)CC(C)C)c(C(=O)O)c1.O=C(O)C(F)(F)F. The van der Waals surface area contributed by atoms with Crippen molar-refractivity contribution in [3.63, 3.8) is 0 Å². The van der Waals surface area contributed by atoms with E-state index in [1.165, 1.54) is 31.4 Å². The number of methoxy groups -OCH3 is 1. The molecule has 0 aliphatic rings. The van der Waals surface area contributed by atoms with E-state index in [0.29, 0.717) is 30.6 Å². The van der Waals surface area contributed by atoms with Gasteiger partial charge in [0.05, 0.1) is 18.4 Å². The highest BCUT2D eigenvalue weighted by molar-refractivity contribution is 7.92. The van der Waals surface area contributed by atoms with Crippen LogP contribution in [0.1, 0.15) is 38.1 Å². The Kier molecular flexibility index (Phi) is 11.7. The predicted molar refractivity (Wildman–Crippen MR) is 138 cm³/mol. The van der Waals surface area contributed by atoms with Crippen molar-refractivity contribution in [3.05, 3.63) is 47.0 Å². The number of aliphatic carboxylic acids is 1. The molecule has 0 saturated heterocycles. The van der Waals surface area contributed by atoms with Crippen LogP contribution in [0.2, 0.25) is 5.02 Å². The Labute approximate surface area is 224 Å². The Morgan fingerprint density at radius 2 is 1.55 bits per heavy atom. The van der Waals surface area contributed by atoms with Gasteiger partial charge in [0.2, 0.25) is 0 Å². The van der Waals surface area contributed by atoms with E-state index in [4.69, 9.17) is 26.2 Å². The van der Waals surface area contributed by atoms with Crippen molar-refractivity contribution < 1.29 is 46.1 Å². The van der Waals surface area contributed by atoms with Gasteiger partial charge in [-0.3, -0.25) is 4.72 Å². The first-order valence-corrected chi connectivity index (χ1v) is 13.0. The van der Waals surface area contributed by atoms with Crippen molar-refractivity contribution in [3.8, 4) is 5.75 Å². The number of sulfonamides is 1. The number of hydrogen-bond donors (Lipinski definition) is 3. The molecular formula is C24H30ClF3N2O7S. The lowest BCUT2D eigenvalue weighted by atomic mass is 10.1. The number of aromatic carboxylic acids is 1. The van der Waals surface area contributed by atoms with Gasteiger partial charge in [-0.2, -0.15) is 13.2 Å². The molecule has 3 N–H and O–H groups in total. The number of halogens is 4. The monoisotopic (exact) mass is 582 g/mol. The molecule has 2 rings (SSSR count). The van der Waals surface area contributed by atoms with Gasteiger partial charge < -0.3 is 19.8 Å². The van der Waals surface area contributed by atoms with Crippen LogP contribution in [0, 0.1) is 11.8 Å². The number of carboxylic acids is 2. The van der Waals surface area contributed by atoms with E-state index in [1.807, 2.05) is 4.90 Å². The van der Waals surface area contributed by atoms with E-state index in [0.717, 1.165) is 0 Å². The number of anilines is 2. The zero-order chi connectivity index (χ0) is 29.4. The fourth-order valence-electron chi connectivity index (χ4n) is 3.27. The van der Waals surface area contributed by atoms with Gasteiger partial charge in [0.1, 0.15) is 10.6 Å². The molecule has 0 aliphatic heterocycles. The third-order valence-corrected chi connectivity index (χ3v) is 6.29. The summed E-state index contributed by atoms with van der Waals surface area (Å²) < 4.78 is 65.1. The number of nitrogens with zero attached hydrogens (tertiary/aromatic N) is 1. The number of hydrogen-bond acceptors (Lipinski definition) is 6. The highest BCUT2D eigenvalue weighted by atomic mass is 35.5. The van der Waals surface area contributed by atoms with Crippen LogP contribution in [0.5, 0.6) is 5.75 Å². The highest BCUT2D eigenvalue weighted by Gasteiger charge is 2.38. The first kappa shape index (κ1) is 32.8. The van der Waals surface area contributed by atoms with Crippen LogP contribution >= 0.6 is 11.6 Å². The first-order chi connectivity index (χ1) is 17.4. The molecule has 0 heterocycles. The first-order valence-electron chi connectivity index (χ1n) is 11.2. The van der Waals surface area contributed by atoms with Gasteiger partial charge >= 0.3 is 18.1 Å². The molecule has 0 spiro atoms. The normalized spacial score (nSPS) is 11.6. The van der Waals surface area contributed by atoms with E-state index < -0.39 is 28.1 Å². The Bertz CT molecular complexity index is 1230. The van der Waals surface area contributed by atoms with Gasteiger partial charge in [-0.25, -0.2) is 18.0 Å². The van der Waals surface area contributed by atoms with Gasteiger partial charge in [0, 0.05) is 23.8 Å². The van der Waals surface area contributed by atoms with Gasteiger partial charge in [-0.1, -0.05) is 39.3 Å². The maximum atomic E-state index is 12.9. The van der Waals surface area contributed by atoms with Crippen LogP contribution in [0.3, 0.4) is 0 Å². The highest BCUT2D eigenvalue weighted by Crippen LogP contribution is 2.31. The molecule has 2 aromatic carbocycles. The fourth-order valence-corrected chi connectivity index (χ4v) is 4.75. The second-order valence-electron chi connectivity index (χ2n) is 8.93. The van der Waals surface area contributed by atoms with Gasteiger partial charge in [0.15, 0.2) is 0 Å². The number of carboxylic acid groups (broad SMARTS) is 2. The molecule has 38 heavy (non-hydrogen) atoms. The number of rotatable bonds is 10. The molecule has 2 aromatic rings. The van der Waals surface area contributed by atoms with E-state index in [1.54, 1.807) is 12.1 Å². The summed E-state index contributed by atoms with van der Waals surface area (Å²) in [6.07, 6.45) is -5.08. The lowest BCUT2D eigenvalue weighted by Gasteiger charge is -2.30. The molecule has 0 atom stereocenters. The molecule has 0 amide bonds. The van der Waals surface area contributed by atoms with Gasteiger partial charge in [-0.05, 0) is 48.2 Å². The van der Waals surface area contributed by atoms with Crippen LogP contribution in [-0.2, 0) is 14.8 Å². The molecule has 14 heteroatoms. The molecule has 0 radical (unpaired) electrons. The summed E-state index contributed by atoms with van der Waals surface area (Å²) >= 11 is 5.96. The number of alkyl halides is 3. The Morgan fingerprint density at radius 3 is 1.97 bits per heavy atom. The molecule has 0 unspecified atom stereocenters. The number of ether oxygens (including phenoxy) is 1. The van der Waals surface area contributed by atoms with E-state index in [9.17, 15) is 31.5 Å². The zero-order valence-electron chi connectivity index (χ0n) is 21.3. The maximum Gasteiger partial charge on any atom is 0.490 e. The molecule has 212 valence electrons. The predicted octanol–water partition coefficient (Wildman–Crippen LogP) is 5.60.